The molecule has 1 fully saturated rings. The lowest BCUT2D eigenvalue weighted by Gasteiger charge is -2.22. The molecule has 0 saturated carbocycles. The Balaban J connectivity index is 1.42. The first kappa shape index (κ1) is 17.8. The third kappa shape index (κ3) is 4.22. The zero-order chi connectivity index (χ0) is 18.6. The van der Waals surface area contributed by atoms with Crippen LogP contribution in [0.4, 0.5) is 5.95 Å². The second-order valence-corrected chi connectivity index (χ2v) is 7.18. The monoisotopic (exact) mass is 365 g/mol. The first-order valence-electron chi connectivity index (χ1n) is 9.72. The molecule has 0 amide bonds. The molecule has 0 radical (unpaired) electrons. The molecule has 2 aliphatic heterocycles. The Morgan fingerprint density at radius 3 is 3.07 bits per heavy atom. The van der Waals surface area contributed by atoms with Gasteiger partial charge in [0.2, 0.25) is 5.95 Å². The zero-order valence-electron chi connectivity index (χ0n) is 16.1. The van der Waals surface area contributed by atoms with Gasteiger partial charge in [0.05, 0.1) is 5.52 Å². The van der Waals surface area contributed by atoms with Crippen molar-refractivity contribution < 1.29 is 4.74 Å². The summed E-state index contributed by atoms with van der Waals surface area (Å²) in [4.78, 5) is 13.8. The predicted octanol–water partition coefficient (Wildman–Crippen LogP) is 3.25. The van der Waals surface area contributed by atoms with Crippen LogP contribution in [0.3, 0.4) is 0 Å². The molecule has 142 valence electrons. The second kappa shape index (κ2) is 7.96. The van der Waals surface area contributed by atoms with Gasteiger partial charge >= 0.3 is 0 Å². The number of hydrogen-bond donors (Lipinski definition) is 1. The van der Waals surface area contributed by atoms with Gasteiger partial charge < -0.3 is 15.0 Å². The predicted molar refractivity (Wildman–Crippen MR) is 109 cm³/mol. The molecular formula is C21H27N5O. The summed E-state index contributed by atoms with van der Waals surface area (Å²) in [6.07, 6.45) is 10.4. The van der Waals surface area contributed by atoms with Crippen LogP contribution in [0, 0.1) is 0 Å². The van der Waals surface area contributed by atoms with Gasteiger partial charge in [0.25, 0.3) is 0 Å². The highest BCUT2D eigenvalue weighted by Crippen LogP contribution is 2.23. The number of fused-ring (bicyclic) bond motifs is 1. The van der Waals surface area contributed by atoms with Crippen LogP contribution in [0.5, 0.6) is 5.75 Å². The van der Waals surface area contributed by atoms with Crippen molar-refractivity contribution in [2.75, 3.05) is 38.5 Å². The van der Waals surface area contributed by atoms with Crippen molar-refractivity contribution in [3.63, 3.8) is 0 Å². The smallest absolute Gasteiger partial charge is 0.223 e. The Labute approximate surface area is 160 Å². The Bertz CT molecular complexity index is 863. The van der Waals surface area contributed by atoms with E-state index in [4.69, 9.17) is 4.74 Å². The van der Waals surface area contributed by atoms with Gasteiger partial charge in [-0.2, -0.15) is 0 Å². The summed E-state index contributed by atoms with van der Waals surface area (Å²) in [6.45, 7) is 6.28. The van der Waals surface area contributed by atoms with E-state index in [9.17, 15) is 0 Å². The largest absolute Gasteiger partial charge is 0.458 e. The van der Waals surface area contributed by atoms with Crippen LogP contribution in [-0.2, 0) is 0 Å². The normalized spacial score (nSPS) is 20.1. The number of benzene rings is 1. The highest BCUT2D eigenvalue weighted by Gasteiger charge is 2.22. The summed E-state index contributed by atoms with van der Waals surface area (Å²) < 4.78 is 5.95. The maximum Gasteiger partial charge on any atom is 0.223 e. The molecule has 2 aliphatic rings. The van der Waals surface area contributed by atoms with E-state index < -0.39 is 0 Å². The van der Waals surface area contributed by atoms with Crippen LogP contribution in [-0.4, -0.2) is 59.0 Å². The van der Waals surface area contributed by atoms with Crippen LogP contribution in [0.1, 0.15) is 19.8 Å². The summed E-state index contributed by atoms with van der Waals surface area (Å²) in [5.41, 5.74) is 0.923. The Hall–Kier alpha value is -2.60. The van der Waals surface area contributed by atoms with Crippen molar-refractivity contribution in [3.05, 3.63) is 48.5 Å². The SMILES string of the molecule is CCN1CCCC1CNc1ncc2cc(OC3=CCN(C)C=C3)ccc2n1. The van der Waals surface area contributed by atoms with Crippen LogP contribution in [0.15, 0.2) is 48.5 Å². The molecule has 2 aromatic rings. The summed E-state index contributed by atoms with van der Waals surface area (Å²) in [6, 6.07) is 6.52. The van der Waals surface area contributed by atoms with Crippen LogP contribution in [0.2, 0.25) is 0 Å². The van der Waals surface area contributed by atoms with E-state index in [1.165, 1.54) is 19.4 Å². The van der Waals surface area contributed by atoms with E-state index in [1.54, 1.807) is 0 Å². The number of likely N-dealkylation sites (tertiary alicyclic amines) is 1. The molecule has 1 saturated heterocycles. The maximum absolute atomic E-state index is 5.95. The highest BCUT2D eigenvalue weighted by molar-refractivity contribution is 5.80. The first-order valence-corrected chi connectivity index (χ1v) is 9.72. The minimum Gasteiger partial charge on any atom is -0.458 e. The van der Waals surface area contributed by atoms with E-state index in [2.05, 4.69) is 38.1 Å². The average Bonchev–Trinajstić information content (AvgIpc) is 3.16. The van der Waals surface area contributed by atoms with Crippen LogP contribution in [0.25, 0.3) is 10.9 Å². The molecule has 6 heteroatoms. The van der Waals surface area contributed by atoms with Crippen LogP contribution >= 0.6 is 0 Å². The molecule has 6 nitrogen and oxygen atoms in total. The van der Waals surface area contributed by atoms with Gasteiger partial charge in [-0.05, 0) is 56.3 Å². The van der Waals surface area contributed by atoms with Gasteiger partial charge in [-0.3, -0.25) is 4.90 Å². The molecule has 27 heavy (non-hydrogen) atoms. The van der Waals surface area contributed by atoms with Gasteiger partial charge in [0.1, 0.15) is 11.5 Å². The average molecular weight is 365 g/mol. The zero-order valence-corrected chi connectivity index (χ0v) is 16.1. The minimum absolute atomic E-state index is 0.584. The Morgan fingerprint density at radius 2 is 2.26 bits per heavy atom. The summed E-state index contributed by atoms with van der Waals surface area (Å²) in [5, 5.41) is 4.39. The van der Waals surface area contributed by atoms with E-state index in [1.807, 2.05) is 43.7 Å². The number of ether oxygens (including phenoxy) is 1. The number of nitrogens with one attached hydrogen (secondary N) is 1. The number of likely N-dealkylation sites (N-methyl/N-ethyl adjacent to an activating group) is 2. The Morgan fingerprint density at radius 1 is 1.33 bits per heavy atom. The van der Waals surface area contributed by atoms with Crippen molar-refractivity contribution >= 4 is 16.9 Å². The number of hydrogen-bond acceptors (Lipinski definition) is 6. The lowest BCUT2D eigenvalue weighted by molar-refractivity contribution is 0.277. The van der Waals surface area contributed by atoms with E-state index in [0.29, 0.717) is 12.0 Å². The van der Waals surface area contributed by atoms with Gasteiger partial charge in [-0.1, -0.05) is 6.92 Å². The second-order valence-electron chi connectivity index (χ2n) is 7.18. The van der Waals surface area contributed by atoms with Crippen molar-refractivity contribution in [2.24, 2.45) is 0 Å². The fourth-order valence-corrected chi connectivity index (χ4v) is 3.69. The maximum atomic E-state index is 5.95. The molecule has 1 N–H and O–H groups in total. The Kier molecular flexibility index (Phi) is 5.25. The van der Waals surface area contributed by atoms with Crippen LogP contribution < -0.4 is 10.1 Å². The van der Waals surface area contributed by atoms with Crippen molar-refractivity contribution in [2.45, 2.75) is 25.8 Å². The molecule has 0 bridgehead atoms. The quantitative estimate of drug-likeness (QED) is 0.848. The summed E-state index contributed by atoms with van der Waals surface area (Å²) >= 11 is 0. The highest BCUT2D eigenvalue weighted by atomic mass is 16.5. The van der Waals surface area contributed by atoms with E-state index >= 15 is 0 Å². The van der Waals surface area contributed by atoms with Gasteiger partial charge in [0, 0.05) is 44.0 Å². The lowest BCUT2D eigenvalue weighted by atomic mass is 10.2. The number of anilines is 1. The molecule has 3 heterocycles. The van der Waals surface area contributed by atoms with E-state index in [0.717, 1.165) is 42.0 Å². The molecular weight excluding hydrogens is 338 g/mol. The minimum atomic E-state index is 0.584. The molecule has 1 unspecified atom stereocenters. The first-order chi connectivity index (χ1) is 13.2. The van der Waals surface area contributed by atoms with E-state index in [-0.39, 0.29) is 0 Å². The van der Waals surface area contributed by atoms with Crippen molar-refractivity contribution in [1.82, 2.24) is 19.8 Å². The molecule has 1 atom stereocenters. The van der Waals surface area contributed by atoms with Crippen molar-refractivity contribution in [1.29, 1.82) is 0 Å². The topological polar surface area (TPSA) is 53.5 Å². The molecule has 0 aliphatic carbocycles. The molecule has 0 spiro atoms. The fraction of sp³-hybridized carbons (Fsp3) is 0.429. The molecule has 4 rings (SSSR count). The van der Waals surface area contributed by atoms with Crippen molar-refractivity contribution in [3.8, 4) is 5.75 Å². The summed E-state index contributed by atoms with van der Waals surface area (Å²) in [5.74, 6) is 2.36. The number of rotatable bonds is 6. The third-order valence-corrected chi connectivity index (χ3v) is 5.26. The van der Waals surface area contributed by atoms with Gasteiger partial charge in [-0.15, -0.1) is 0 Å². The molecule has 1 aromatic heterocycles. The standard InChI is InChI=1S/C21H27N5O/c1-3-26-10-4-5-17(26)15-23-21-22-14-16-13-19(6-7-20(16)24-21)27-18-8-11-25(2)12-9-18/h6-9,11,13-14,17H,3-5,10,12,15H2,1-2H3,(H,22,23,24). The molecule has 1 aromatic carbocycles. The van der Waals surface area contributed by atoms with Gasteiger partial charge in [-0.25, -0.2) is 9.97 Å². The lowest BCUT2D eigenvalue weighted by Crippen LogP contribution is -2.34. The fourth-order valence-electron chi connectivity index (χ4n) is 3.69. The number of aromatic nitrogens is 2. The third-order valence-electron chi connectivity index (χ3n) is 5.26. The number of nitrogens with zero attached hydrogens (tertiary/aromatic N) is 4. The number of allylic oxidation sites excluding steroid dienone is 1. The van der Waals surface area contributed by atoms with Gasteiger partial charge in [0.15, 0.2) is 0 Å². The summed E-state index contributed by atoms with van der Waals surface area (Å²) in [7, 11) is 2.04.